The Kier molecular flexibility index (Phi) is 4.08. The molecule has 2 N–H and O–H groups in total. The molecule has 0 amide bonds. The third kappa shape index (κ3) is 2.97. The number of thioether (sulfide) groups is 1. The lowest BCUT2D eigenvalue weighted by Crippen LogP contribution is -2.39. The van der Waals surface area contributed by atoms with Gasteiger partial charge < -0.3 is 5.73 Å². The summed E-state index contributed by atoms with van der Waals surface area (Å²) < 4.78 is 0. The zero-order valence-corrected chi connectivity index (χ0v) is 10.7. The van der Waals surface area contributed by atoms with Gasteiger partial charge in [-0.05, 0) is 19.1 Å². The number of hydrogen-bond acceptors (Lipinski definition) is 4. The summed E-state index contributed by atoms with van der Waals surface area (Å²) in [7, 11) is 0. The molecule has 1 fully saturated rings. The molecule has 4 heteroatoms. The van der Waals surface area contributed by atoms with E-state index in [0.717, 1.165) is 6.54 Å². The summed E-state index contributed by atoms with van der Waals surface area (Å²) in [5, 5.41) is 0. The van der Waals surface area contributed by atoms with E-state index in [9.17, 15) is 0 Å². The molecule has 2 heterocycles. The van der Waals surface area contributed by atoms with Crippen LogP contribution in [0.2, 0.25) is 0 Å². The first kappa shape index (κ1) is 11.5. The first-order valence-electron chi connectivity index (χ1n) is 5.39. The molecular formula is C11H18N2S2. The number of nitrogens with zero attached hydrogens (tertiary/aromatic N) is 1. The minimum absolute atomic E-state index is 0.677. The Labute approximate surface area is 99.8 Å². The van der Waals surface area contributed by atoms with Gasteiger partial charge in [-0.25, -0.2) is 0 Å². The summed E-state index contributed by atoms with van der Waals surface area (Å²) in [4.78, 5) is 5.32. The molecular weight excluding hydrogens is 224 g/mol. The molecule has 1 unspecified atom stereocenters. The summed E-state index contributed by atoms with van der Waals surface area (Å²) in [6.45, 7) is 5.33. The van der Waals surface area contributed by atoms with Crippen LogP contribution in [-0.2, 0) is 13.1 Å². The minimum atomic E-state index is 0.677. The van der Waals surface area contributed by atoms with Gasteiger partial charge in [0.15, 0.2) is 0 Å². The van der Waals surface area contributed by atoms with Crippen LogP contribution < -0.4 is 5.73 Å². The number of nitrogens with two attached hydrogens (primary N) is 1. The van der Waals surface area contributed by atoms with E-state index in [1.54, 1.807) is 0 Å². The molecule has 1 saturated heterocycles. The molecule has 0 aliphatic carbocycles. The normalized spacial score (nSPS) is 23.2. The van der Waals surface area contributed by atoms with Gasteiger partial charge in [-0.3, -0.25) is 4.90 Å². The second kappa shape index (κ2) is 5.34. The highest BCUT2D eigenvalue weighted by molar-refractivity contribution is 7.99. The van der Waals surface area contributed by atoms with Gasteiger partial charge in [-0.1, -0.05) is 0 Å². The summed E-state index contributed by atoms with van der Waals surface area (Å²) >= 11 is 3.92. The van der Waals surface area contributed by atoms with Crippen LogP contribution in [0.15, 0.2) is 12.1 Å². The van der Waals surface area contributed by atoms with Crippen molar-refractivity contribution in [3.8, 4) is 0 Å². The Morgan fingerprint density at radius 3 is 2.93 bits per heavy atom. The van der Waals surface area contributed by atoms with E-state index in [4.69, 9.17) is 5.73 Å². The molecule has 15 heavy (non-hydrogen) atoms. The second-order valence-corrected chi connectivity index (χ2v) is 6.37. The Bertz CT molecular complexity index is 311. The number of hydrogen-bond donors (Lipinski definition) is 1. The van der Waals surface area contributed by atoms with Crippen LogP contribution >= 0.6 is 23.1 Å². The van der Waals surface area contributed by atoms with E-state index in [-0.39, 0.29) is 0 Å². The van der Waals surface area contributed by atoms with Crippen LogP contribution in [0.1, 0.15) is 16.7 Å². The highest BCUT2D eigenvalue weighted by Gasteiger charge is 2.18. The summed E-state index contributed by atoms with van der Waals surface area (Å²) in [5.41, 5.74) is 5.62. The third-order valence-electron chi connectivity index (χ3n) is 2.78. The Morgan fingerprint density at radius 2 is 2.27 bits per heavy atom. The topological polar surface area (TPSA) is 29.3 Å². The summed E-state index contributed by atoms with van der Waals surface area (Å²) in [6, 6.07) is 5.09. The molecule has 1 aromatic heterocycles. The average Bonchev–Trinajstić information content (AvgIpc) is 2.69. The molecule has 0 saturated carbocycles. The first-order chi connectivity index (χ1) is 7.29. The molecule has 2 rings (SSSR count). The van der Waals surface area contributed by atoms with Crippen LogP contribution in [0.25, 0.3) is 0 Å². The van der Waals surface area contributed by atoms with Gasteiger partial charge in [0.05, 0.1) is 0 Å². The summed E-state index contributed by atoms with van der Waals surface area (Å²) in [6.07, 6.45) is 0. The van der Waals surface area contributed by atoms with E-state index in [1.807, 2.05) is 11.3 Å². The lowest BCUT2D eigenvalue weighted by molar-refractivity contribution is 0.226. The van der Waals surface area contributed by atoms with Crippen molar-refractivity contribution in [1.82, 2.24) is 4.90 Å². The SMILES string of the molecule is CC1CSCCN1Cc1ccc(CN)s1. The van der Waals surface area contributed by atoms with Gasteiger partial charge in [0, 0.05) is 46.9 Å². The standard InChI is InChI=1S/C11H18N2S2/c1-9-8-14-5-4-13(9)7-11-3-2-10(6-12)15-11/h2-3,9H,4-8,12H2,1H3. The second-order valence-electron chi connectivity index (χ2n) is 3.97. The van der Waals surface area contributed by atoms with Crippen molar-refractivity contribution in [3.05, 3.63) is 21.9 Å². The van der Waals surface area contributed by atoms with Crippen LogP contribution in [0.5, 0.6) is 0 Å². The largest absolute Gasteiger partial charge is 0.326 e. The Morgan fingerprint density at radius 1 is 1.47 bits per heavy atom. The molecule has 1 aliphatic rings. The van der Waals surface area contributed by atoms with Crippen molar-refractivity contribution in [2.24, 2.45) is 5.73 Å². The predicted molar refractivity (Wildman–Crippen MR) is 69.4 cm³/mol. The fourth-order valence-electron chi connectivity index (χ4n) is 1.81. The molecule has 0 aromatic carbocycles. The van der Waals surface area contributed by atoms with Crippen molar-refractivity contribution >= 4 is 23.1 Å². The van der Waals surface area contributed by atoms with Crippen molar-refractivity contribution in [3.63, 3.8) is 0 Å². The smallest absolute Gasteiger partial charge is 0.0331 e. The van der Waals surface area contributed by atoms with Gasteiger partial charge >= 0.3 is 0 Å². The lowest BCUT2D eigenvalue weighted by atomic mass is 10.3. The predicted octanol–water partition coefficient (Wildman–Crippen LogP) is 2.14. The minimum Gasteiger partial charge on any atom is -0.326 e. The highest BCUT2D eigenvalue weighted by atomic mass is 32.2. The van der Waals surface area contributed by atoms with E-state index >= 15 is 0 Å². The monoisotopic (exact) mass is 242 g/mol. The maximum Gasteiger partial charge on any atom is 0.0331 e. The van der Waals surface area contributed by atoms with E-state index in [0.29, 0.717) is 12.6 Å². The van der Waals surface area contributed by atoms with E-state index < -0.39 is 0 Å². The van der Waals surface area contributed by atoms with Crippen molar-refractivity contribution in [1.29, 1.82) is 0 Å². The van der Waals surface area contributed by atoms with Crippen molar-refractivity contribution in [2.75, 3.05) is 18.1 Å². The van der Waals surface area contributed by atoms with Crippen LogP contribution in [0, 0.1) is 0 Å². The molecule has 0 spiro atoms. The molecule has 1 aromatic rings. The molecule has 1 atom stereocenters. The lowest BCUT2D eigenvalue weighted by Gasteiger charge is -2.32. The Hall–Kier alpha value is -0.0300. The van der Waals surface area contributed by atoms with Crippen LogP contribution in [-0.4, -0.2) is 29.0 Å². The zero-order valence-electron chi connectivity index (χ0n) is 9.11. The van der Waals surface area contributed by atoms with Gasteiger partial charge in [0.1, 0.15) is 0 Å². The van der Waals surface area contributed by atoms with Crippen molar-refractivity contribution < 1.29 is 0 Å². The quantitative estimate of drug-likeness (QED) is 0.880. The zero-order chi connectivity index (χ0) is 10.7. The van der Waals surface area contributed by atoms with E-state index in [2.05, 4.69) is 35.7 Å². The average molecular weight is 242 g/mol. The maximum absolute atomic E-state index is 5.62. The van der Waals surface area contributed by atoms with Crippen molar-refractivity contribution in [2.45, 2.75) is 26.1 Å². The Balaban J connectivity index is 1.95. The van der Waals surface area contributed by atoms with Gasteiger partial charge in [0.2, 0.25) is 0 Å². The molecule has 84 valence electrons. The highest BCUT2D eigenvalue weighted by Crippen LogP contribution is 2.22. The van der Waals surface area contributed by atoms with E-state index in [1.165, 1.54) is 27.8 Å². The number of rotatable bonds is 3. The molecule has 0 radical (unpaired) electrons. The summed E-state index contributed by atoms with van der Waals surface area (Å²) in [5.74, 6) is 2.55. The van der Waals surface area contributed by atoms with Gasteiger partial charge in [0.25, 0.3) is 0 Å². The fraction of sp³-hybridized carbons (Fsp3) is 0.636. The van der Waals surface area contributed by atoms with Gasteiger partial charge in [-0.2, -0.15) is 11.8 Å². The molecule has 0 bridgehead atoms. The maximum atomic E-state index is 5.62. The first-order valence-corrected chi connectivity index (χ1v) is 7.36. The molecule has 2 nitrogen and oxygen atoms in total. The van der Waals surface area contributed by atoms with Crippen LogP contribution in [0.4, 0.5) is 0 Å². The number of thiophene rings is 1. The molecule has 1 aliphatic heterocycles. The van der Waals surface area contributed by atoms with Crippen LogP contribution in [0.3, 0.4) is 0 Å². The van der Waals surface area contributed by atoms with Gasteiger partial charge in [-0.15, -0.1) is 11.3 Å². The fourth-order valence-corrected chi connectivity index (χ4v) is 3.82. The third-order valence-corrected chi connectivity index (χ3v) is 5.06.